The number of nitrogens with one attached hydrogen (secondary N) is 1. The Labute approximate surface area is 138 Å². The van der Waals surface area contributed by atoms with Crippen LogP contribution in [0.25, 0.3) is 6.08 Å². The van der Waals surface area contributed by atoms with Crippen molar-refractivity contribution in [3.8, 4) is 0 Å². The third-order valence-electron chi connectivity index (χ3n) is 3.47. The zero-order chi connectivity index (χ0) is 16.4. The van der Waals surface area contributed by atoms with Crippen LogP contribution < -0.4 is 5.32 Å². The second-order valence-corrected chi connectivity index (χ2v) is 6.30. The first-order valence-electron chi connectivity index (χ1n) is 7.14. The number of benzene rings is 2. The van der Waals surface area contributed by atoms with Gasteiger partial charge in [-0.05, 0) is 60.5 Å². The van der Waals surface area contributed by atoms with E-state index in [1.807, 2.05) is 32.0 Å². The minimum absolute atomic E-state index is 0.190. The van der Waals surface area contributed by atoms with Gasteiger partial charge in [0.25, 0.3) is 5.91 Å². The minimum Gasteiger partial charge on any atom is -0.300 e. The molecule has 1 fully saturated rings. The summed E-state index contributed by atoms with van der Waals surface area (Å²) in [6, 6.07) is 12.0. The molecule has 0 saturated carbocycles. The SMILES string of the molecule is Cc1cccc(C)c1N=C1NC(=O)/C(=C\c2ccc(F)cc2)S1. The predicted octanol–water partition coefficient (Wildman–Crippen LogP) is 4.33. The molecule has 1 heterocycles. The fourth-order valence-electron chi connectivity index (χ4n) is 2.27. The summed E-state index contributed by atoms with van der Waals surface area (Å²) in [4.78, 5) is 17.2. The second kappa shape index (κ2) is 6.38. The van der Waals surface area contributed by atoms with Gasteiger partial charge in [0.2, 0.25) is 0 Å². The Morgan fingerprint density at radius 1 is 1.09 bits per heavy atom. The maximum Gasteiger partial charge on any atom is 0.264 e. The smallest absolute Gasteiger partial charge is 0.264 e. The van der Waals surface area contributed by atoms with Crippen LogP contribution in [0.3, 0.4) is 0 Å². The van der Waals surface area contributed by atoms with E-state index in [4.69, 9.17) is 0 Å². The normalized spacial score (nSPS) is 17.8. The fraction of sp³-hybridized carbons (Fsp3) is 0.111. The number of amides is 1. The van der Waals surface area contributed by atoms with Crippen molar-refractivity contribution in [3.63, 3.8) is 0 Å². The summed E-state index contributed by atoms with van der Waals surface area (Å²) in [7, 11) is 0. The fourth-order valence-corrected chi connectivity index (χ4v) is 3.10. The highest BCUT2D eigenvalue weighted by molar-refractivity contribution is 8.18. The molecule has 0 bridgehead atoms. The van der Waals surface area contributed by atoms with Crippen molar-refractivity contribution < 1.29 is 9.18 Å². The molecule has 1 aliphatic rings. The van der Waals surface area contributed by atoms with Crippen molar-refractivity contribution in [1.82, 2.24) is 5.32 Å². The Balaban J connectivity index is 1.88. The molecular formula is C18H15FN2OS. The van der Waals surface area contributed by atoms with E-state index in [2.05, 4.69) is 10.3 Å². The van der Waals surface area contributed by atoms with Crippen molar-refractivity contribution in [2.75, 3.05) is 0 Å². The summed E-state index contributed by atoms with van der Waals surface area (Å²) in [5.41, 5.74) is 3.77. The highest BCUT2D eigenvalue weighted by Crippen LogP contribution is 2.30. The topological polar surface area (TPSA) is 41.5 Å². The van der Waals surface area contributed by atoms with Crippen LogP contribution in [0.5, 0.6) is 0 Å². The molecule has 0 unspecified atom stereocenters. The number of carbonyl (C=O) groups is 1. The molecule has 0 spiro atoms. The van der Waals surface area contributed by atoms with Gasteiger partial charge in [0.15, 0.2) is 5.17 Å². The Kier molecular flexibility index (Phi) is 4.30. The zero-order valence-electron chi connectivity index (χ0n) is 12.8. The minimum atomic E-state index is -0.298. The Morgan fingerprint density at radius 3 is 2.39 bits per heavy atom. The number of nitrogens with zero attached hydrogens (tertiary/aromatic N) is 1. The summed E-state index contributed by atoms with van der Waals surface area (Å²) in [5, 5.41) is 3.33. The third kappa shape index (κ3) is 3.51. The Hall–Kier alpha value is -2.40. The van der Waals surface area contributed by atoms with Crippen LogP contribution in [0.4, 0.5) is 10.1 Å². The average Bonchev–Trinajstić information content (AvgIpc) is 2.85. The summed E-state index contributed by atoms with van der Waals surface area (Å²) >= 11 is 1.29. The average molecular weight is 326 g/mol. The highest BCUT2D eigenvalue weighted by atomic mass is 32.2. The number of hydrogen-bond acceptors (Lipinski definition) is 3. The number of amidine groups is 1. The quantitative estimate of drug-likeness (QED) is 0.834. The van der Waals surface area contributed by atoms with Crippen molar-refractivity contribution >= 4 is 34.6 Å². The molecule has 0 aliphatic carbocycles. The summed E-state index contributed by atoms with van der Waals surface area (Å²) in [6.45, 7) is 3.98. The van der Waals surface area contributed by atoms with Gasteiger partial charge in [-0.1, -0.05) is 30.3 Å². The first-order valence-corrected chi connectivity index (χ1v) is 7.96. The number of rotatable bonds is 2. The van der Waals surface area contributed by atoms with Gasteiger partial charge in [-0.25, -0.2) is 9.38 Å². The molecule has 23 heavy (non-hydrogen) atoms. The first kappa shape index (κ1) is 15.5. The van der Waals surface area contributed by atoms with Crippen LogP contribution >= 0.6 is 11.8 Å². The van der Waals surface area contributed by atoms with Gasteiger partial charge >= 0.3 is 0 Å². The van der Waals surface area contributed by atoms with E-state index in [0.717, 1.165) is 22.4 Å². The molecule has 116 valence electrons. The van der Waals surface area contributed by atoms with Crippen LogP contribution in [0.15, 0.2) is 52.4 Å². The lowest BCUT2D eigenvalue weighted by molar-refractivity contribution is -0.115. The number of aryl methyl sites for hydroxylation is 2. The van der Waals surface area contributed by atoms with E-state index in [-0.39, 0.29) is 11.7 Å². The summed E-state index contributed by atoms with van der Waals surface area (Å²) in [6.07, 6.45) is 1.73. The molecular weight excluding hydrogens is 311 g/mol. The molecule has 1 saturated heterocycles. The number of para-hydroxylation sites is 1. The van der Waals surface area contributed by atoms with Crippen molar-refractivity contribution in [2.24, 2.45) is 4.99 Å². The van der Waals surface area contributed by atoms with E-state index in [1.165, 1.54) is 23.9 Å². The van der Waals surface area contributed by atoms with Crippen LogP contribution in [0, 0.1) is 19.7 Å². The lowest BCUT2D eigenvalue weighted by atomic mass is 10.1. The van der Waals surface area contributed by atoms with E-state index in [0.29, 0.717) is 10.1 Å². The largest absolute Gasteiger partial charge is 0.300 e. The molecule has 0 atom stereocenters. The number of halogens is 1. The van der Waals surface area contributed by atoms with Gasteiger partial charge < -0.3 is 5.32 Å². The highest BCUT2D eigenvalue weighted by Gasteiger charge is 2.24. The van der Waals surface area contributed by atoms with Gasteiger partial charge in [-0.3, -0.25) is 4.79 Å². The molecule has 1 N–H and O–H groups in total. The van der Waals surface area contributed by atoms with Gasteiger partial charge in [-0.15, -0.1) is 0 Å². The van der Waals surface area contributed by atoms with Crippen LogP contribution in [-0.2, 0) is 4.79 Å². The van der Waals surface area contributed by atoms with Crippen LogP contribution in [0.2, 0.25) is 0 Å². The van der Waals surface area contributed by atoms with E-state index >= 15 is 0 Å². The lowest BCUT2D eigenvalue weighted by Crippen LogP contribution is -2.19. The Bertz CT molecular complexity index is 805. The predicted molar refractivity (Wildman–Crippen MR) is 93.1 cm³/mol. The molecule has 2 aromatic rings. The molecule has 3 rings (SSSR count). The Morgan fingerprint density at radius 2 is 1.74 bits per heavy atom. The third-order valence-corrected chi connectivity index (χ3v) is 4.38. The van der Waals surface area contributed by atoms with Gasteiger partial charge in [0.05, 0.1) is 10.6 Å². The second-order valence-electron chi connectivity index (χ2n) is 5.27. The molecule has 0 aromatic heterocycles. The number of thioether (sulfide) groups is 1. The molecule has 3 nitrogen and oxygen atoms in total. The molecule has 1 aliphatic heterocycles. The van der Waals surface area contributed by atoms with Crippen molar-refractivity contribution in [1.29, 1.82) is 0 Å². The van der Waals surface area contributed by atoms with E-state index in [1.54, 1.807) is 18.2 Å². The monoisotopic (exact) mass is 326 g/mol. The van der Waals surface area contributed by atoms with Gasteiger partial charge in [-0.2, -0.15) is 0 Å². The first-order chi connectivity index (χ1) is 11.0. The summed E-state index contributed by atoms with van der Waals surface area (Å²) < 4.78 is 12.9. The number of hydrogen-bond donors (Lipinski definition) is 1. The molecule has 0 radical (unpaired) electrons. The van der Waals surface area contributed by atoms with Crippen molar-refractivity contribution in [3.05, 3.63) is 69.9 Å². The van der Waals surface area contributed by atoms with Crippen molar-refractivity contribution in [2.45, 2.75) is 13.8 Å². The van der Waals surface area contributed by atoms with Gasteiger partial charge in [0, 0.05) is 0 Å². The standard InChI is InChI=1S/C18H15FN2OS/c1-11-4-3-5-12(2)16(11)20-18-21-17(22)15(23-18)10-13-6-8-14(19)9-7-13/h3-10H,1-2H3,(H,20,21,22)/b15-10+. The maximum atomic E-state index is 12.9. The van der Waals surface area contributed by atoms with Gasteiger partial charge in [0.1, 0.15) is 5.82 Å². The van der Waals surface area contributed by atoms with E-state index in [9.17, 15) is 9.18 Å². The van der Waals surface area contributed by atoms with E-state index < -0.39 is 0 Å². The molecule has 2 aromatic carbocycles. The molecule has 1 amide bonds. The zero-order valence-corrected chi connectivity index (χ0v) is 13.6. The maximum absolute atomic E-state index is 12.9. The number of aliphatic imine (C=N–C) groups is 1. The van der Waals surface area contributed by atoms with Crippen LogP contribution in [-0.4, -0.2) is 11.1 Å². The number of carbonyl (C=O) groups excluding carboxylic acids is 1. The lowest BCUT2D eigenvalue weighted by Gasteiger charge is -2.04. The molecule has 5 heteroatoms. The summed E-state index contributed by atoms with van der Waals surface area (Å²) in [5.74, 6) is -0.489. The van der Waals surface area contributed by atoms with Crippen LogP contribution in [0.1, 0.15) is 16.7 Å².